The summed E-state index contributed by atoms with van der Waals surface area (Å²) in [6.07, 6.45) is 5.01. The van der Waals surface area contributed by atoms with E-state index < -0.39 is 10.0 Å². The number of carbonyl (C=O) groups excluding carboxylic acids is 1. The zero-order valence-corrected chi connectivity index (χ0v) is 10.3. The van der Waals surface area contributed by atoms with Crippen LogP contribution in [-0.2, 0) is 16.6 Å². The lowest BCUT2D eigenvalue weighted by molar-refractivity contribution is 0.111. The smallest absolute Gasteiger partial charge is 0.211 e. The topological polar surface area (TPSA) is 85.2 Å². The lowest BCUT2D eigenvalue weighted by atomic mass is 10.2. The van der Waals surface area contributed by atoms with Crippen LogP contribution in [0, 0.1) is 0 Å². The van der Waals surface area contributed by atoms with Crippen LogP contribution >= 0.6 is 0 Å². The van der Waals surface area contributed by atoms with Crippen LogP contribution in [0.15, 0.2) is 6.20 Å². The molecule has 1 aromatic heterocycles. The summed E-state index contributed by atoms with van der Waals surface area (Å²) in [5.41, 5.74) is 0.258. The third kappa shape index (κ3) is 2.70. The van der Waals surface area contributed by atoms with Crippen molar-refractivity contribution in [2.24, 2.45) is 0 Å². The van der Waals surface area contributed by atoms with E-state index in [4.69, 9.17) is 0 Å². The van der Waals surface area contributed by atoms with E-state index in [1.54, 1.807) is 0 Å². The molecular weight excluding hydrogens is 244 g/mol. The van der Waals surface area contributed by atoms with Crippen LogP contribution in [0.2, 0.25) is 0 Å². The van der Waals surface area contributed by atoms with Gasteiger partial charge < -0.3 is 0 Å². The molecule has 0 spiro atoms. The van der Waals surface area contributed by atoms with E-state index in [1.807, 2.05) is 0 Å². The monoisotopic (exact) mass is 258 g/mol. The van der Waals surface area contributed by atoms with E-state index in [9.17, 15) is 13.2 Å². The van der Waals surface area contributed by atoms with E-state index in [2.05, 4.69) is 10.3 Å². The predicted octanol–water partition coefficient (Wildman–Crippen LogP) is -0.485. The molecule has 17 heavy (non-hydrogen) atoms. The van der Waals surface area contributed by atoms with Crippen LogP contribution in [0.25, 0.3) is 0 Å². The van der Waals surface area contributed by atoms with Gasteiger partial charge in [-0.25, -0.2) is 8.42 Å². The molecule has 0 radical (unpaired) electrons. The van der Waals surface area contributed by atoms with Crippen molar-refractivity contribution in [2.45, 2.75) is 25.4 Å². The van der Waals surface area contributed by atoms with Crippen LogP contribution in [0.5, 0.6) is 0 Å². The summed E-state index contributed by atoms with van der Waals surface area (Å²) in [4.78, 5) is 10.5. The van der Waals surface area contributed by atoms with Crippen molar-refractivity contribution < 1.29 is 13.2 Å². The number of aldehydes is 1. The van der Waals surface area contributed by atoms with Gasteiger partial charge in [-0.3, -0.25) is 9.48 Å². The van der Waals surface area contributed by atoms with Gasteiger partial charge in [0.25, 0.3) is 0 Å². The van der Waals surface area contributed by atoms with Crippen molar-refractivity contribution in [1.29, 1.82) is 0 Å². The molecule has 2 heterocycles. The summed E-state index contributed by atoms with van der Waals surface area (Å²) in [7, 11) is -3.17. The first-order valence-corrected chi connectivity index (χ1v) is 7.17. The Balaban J connectivity index is 2.10. The van der Waals surface area contributed by atoms with Gasteiger partial charge >= 0.3 is 0 Å². The highest BCUT2D eigenvalue weighted by Crippen LogP contribution is 2.21. The maximum absolute atomic E-state index is 11.5. The number of carbonyl (C=O) groups is 1. The number of hydrogen-bond acceptors (Lipinski definition) is 5. The Morgan fingerprint density at radius 1 is 1.59 bits per heavy atom. The molecule has 1 aromatic rings. The zero-order valence-electron chi connectivity index (χ0n) is 9.48. The Morgan fingerprint density at radius 3 is 2.94 bits per heavy atom. The first kappa shape index (κ1) is 12.2. The maximum atomic E-state index is 11.5. The summed E-state index contributed by atoms with van der Waals surface area (Å²) in [5.74, 6) is 0. The SMILES string of the molecule is CS(=O)(=O)N1CCC[C@@H]1Cn1cc(C=O)nn1. The first-order valence-electron chi connectivity index (χ1n) is 5.33. The predicted molar refractivity (Wildman–Crippen MR) is 60.0 cm³/mol. The molecular formula is C9H14N4O3S. The average Bonchev–Trinajstić information content (AvgIpc) is 2.85. The molecule has 7 nitrogen and oxygen atoms in total. The lowest BCUT2D eigenvalue weighted by Crippen LogP contribution is -2.37. The molecule has 8 heteroatoms. The minimum Gasteiger partial charge on any atom is -0.296 e. The minimum atomic E-state index is -3.17. The molecule has 0 aromatic carbocycles. The van der Waals surface area contributed by atoms with Gasteiger partial charge in [-0.05, 0) is 12.8 Å². The van der Waals surface area contributed by atoms with E-state index >= 15 is 0 Å². The standard InChI is InChI=1S/C9H14N4O3S/c1-17(15,16)13-4-2-3-9(13)6-12-5-8(7-14)10-11-12/h5,7,9H,2-4,6H2,1H3/t9-/m1/s1. The van der Waals surface area contributed by atoms with Gasteiger partial charge in [-0.1, -0.05) is 5.21 Å². The quantitative estimate of drug-likeness (QED) is 0.681. The number of aromatic nitrogens is 3. The van der Waals surface area contributed by atoms with Gasteiger partial charge in [-0.15, -0.1) is 5.10 Å². The van der Waals surface area contributed by atoms with Crippen molar-refractivity contribution in [2.75, 3.05) is 12.8 Å². The number of sulfonamides is 1. The molecule has 0 saturated carbocycles. The first-order chi connectivity index (χ1) is 8.00. The summed E-state index contributed by atoms with van der Waals surface area (Å²) in [6, 6.07) is -0.0915. The van der Waals surface area contributed by atoms with Crippen LogP contribution in [0.4, 0.5) is 0 Å². The second-order valence-electron chi connectivity index (χ2n) is 4.15. The van der Waals surface area contributed by atoms with Crippen LogP contribution < -0.4 is 0 Å². The fraction of sp³-hybridized carbons (Fsp3) is 0.667. The molecule has 1 aliphatic heterocycles. The van der Waals surface area contributed by atoms with Crippen molar-refractivity contribution >= 4 is 16.3 Å². The third-order valence-electron chi connectivity index (χ3n) is 2.82. The highest BCUT2D eigenvalue weighted by atomic mass is 32.2. The third-order valence-corrected chi connectivity index (χ3v) is 4.16. The molecule has 0 unspecified atom stereocenters. The molecule has 0 bridgehead atoms. The van der Waals surface area contributed by atoms with Gasteiger partial charge in [-0.2, -0.15) is 4.31 Å². The zero-order chi connectivity index (χ0) is 12.5. The van der Waals surface area contributed by atoms with E-state index in [-0.39, 0.29) is 11.7 Å². The summed E-state index contributed by atoms with van der Waals surface area (Å²) in [5, 5.41) is 7.42. The lowest BCUT2D eigenvalue weighted by Gasteiger charge is -2.21. The number of rotatable bonds is 4. The summed E-state index contributed by atoms with van der Waals surface area (Å²) in [6.45, 7) is 0.993. The molecule has 94 valence electrons. The normalized spacial score (nSPS) is 21.8. The fourth-order valence-corrected chi connectivity index (χ4v) is 3.28. The second kappa shape index (κ2) is 4.53. The largest absolute Gasteiger partial charge is 0.296 e. The van der Waals surface area contributed by atoms with Crippen LogP contribution in [-0.4, -0.2) is 52.8 Å². The van der Waals surface area contributed by atoms with Gasteiger partial charge in [0.2, 0.25) is 10.0 Å². The van der Waals surface area contributed by atoms with Crippen molar-refractivity contribution in [3.05, 3.63) is 11.9 Å². The van der Waals surface area contributed by atoms with E-state index in [0.717, 1.165) is 12.8 Å². The van der Waals surface area contributed by atoms with Crippen molar-refractivity contribution in [1.82, 2.24) is 19.3 Å². The highest BCUT2D eigenvalue weighted by molar-refractivity contribution is 7.88. The van der Waals surface area contributed by atoms with Crippen molar-refractivity contribution in [3.63, 3.8) is 0 Å². The van der Waals surface area contributed by atoms with Crippen molar-refractivity contribution in [3.8, 4) is 0 Å². The molecule has 1 atom stereocenters. The minimum absolute atomic E-state index is 0.0915. The van der Waals surface area contributed by atoms with E-state index in [1.165, 1.54) is 21.4 Å². The maximum Gasteiger partial charge on any atom is 0.211 e. The average molecular weight is 258 g/mol. The molecule has 0 amide bonds. The van der Waals surface area contributed by atoms with Gasteiger partial charge in [0.1, 0.15) is 5.69 Å². The molecule has 1 saturated heterocycles. The number of hydrogen-bond donors (Lipinski definition) is 0. The van der Waals surface area contributed by atoms with Crippen LogP contribution in [0.1, 0.15) is 23.3 Å². The van der Waals surface area contributed by atoms with Crippen LogP contribution in [0.3, 0.4) is 0 Å². The Morgan fingerprint density at radius 2 is 2.35 bits per heavy atom. The fourth-order valence-electron chi connectivity index (χ4n) is 2.10. The van der Waals surface area contributed by atoms with Gasteiger partial charge in [0.15, 0.2) is 6.29 Å². The van der Waals surface area contributed by atoms with E-state index in [0.29, 0.717) is 19.4 Å². The Kier molecular flexibility index (Phi) is 3.25. The van der Waals surface area contributed by atoms with Gasteiger partial charge in [0, 0.05) is 12.6 Å². The Bertz CT molecular complexity index is 510. The van der Waals surface area contributed by atoms with Gasteiger partial charge in [0.05, 0.1) is 19.0 Å². The number of nitrogens with zero attached hydrogens (tertiary/aromatic N) is 4. The summed E-state index contributed by atoms with van der Waals surface area (Å²) < 4.78 is 26.0. The summed E-state index contributed by atoms with van der Waals surface area (Å²) >= 11 is 0. The molecule has 1 aliphatic rings. The Labute approximate surface area is 99.5 Å². The second-order valence-corrected chi connectivity index (χ2v) is 6.09. The molecule has 0 N–H and O–H groups in total. The molecule has 0 aliphatic carbocycles. The Hall–Kier alpha value is -1.28. The molecule has 2 rings (SSSR count). The highest BCUT2D eigenvalue weighted by Gasteiger charge is 2.31. The molecule has 1 fully saturated rings.